The third kappa shape index (κ3) is 2.12. The minimum Gasteiger partial charge on any atom is -0.249 e. The van der Waals surface area contributed by atoms with Gasteiger partial charge in [0.1, 0.15) is 0 Å². The van der Waals surface area contributed by atoms with Crippen molar-refractivity contribution in [3.8, 4) is 12.3 Å². The van der Waals surface area contributed by atoms with E-state index >= 15 is 0 Å². The van der Waals surface area contributed by atoms with Crippen LogP contribution in [0.3, 0.4) is 0 Å². The molecule has 0 saturated heterocycles. The van der Waals surface area contributed by atoms with Gasteiger partial charge in [-0.05, 0) is 6.92 Å². The Kier molecular flexibility index (Phi) is 3.26. The van der Waals surface area contributed by atoms with Gasteiger partial charge in [0.2, 0.25) is 0 Å². The van der Waals surface area contributed by atoms with E-state index in [1.165, 1.54) is 13.2 Å². The lowest BCUT2D eigenvalue weighted by molar-refractivity contribution is 0.505. The first-order valence-electron chi connectivity index (χ1n) is 3.80. The van der Waals surface area contributed by atoms with E-state index < -0.39 is 10.0 Å². The number of thiazole rings is 1. The van der Waals surface area contributed by atoms with E-state index in [1.807, 2.05) is 0 Å². The van der Waals surface area contributed by atoms with Crippen molar-refractivity contribution in [1.82, 2.24) is 9.29 Å². The van der Waals surface area contributed by atoms with Crippen molar-refractivity contribution >= 4 is 21.4 Å². The Bertz CT molecular complexity index is 456. The van der Waals surface area contributed by atoms with Crippen LogP contribution in [-0.2, 0) is 10.0 Å². The molecule has 0 atom stereocenters. The molecule has 76 valence electrons. The molecule has 1 aromatic heterocycles. The lowest BCUT2D eigenvalue weighted by Gasteiger charge is -2.11. The summed E-state index contributed by atoms with van der Waals surface area (Å²) in [6.45, 7) is 1.82. The lowest BCUT2D eigenvalue weighted by atomic mass is 10.7. The molecule has 0 radical (unpaired) electrons. The van der Waals surface area contributed by atoms with Crippen LogP contribution in [0.4, 0.5) is 0 Å². The van der Waals surface area contributed by atoms with E-state index in [-0.39, 0.29) is 10.8 Å². The van der Waals surface area contributed by atoms with E-state index in [2.05, 4.69) is 10.9 Å². The SMILES string of the molecule is C#CCN(C)S(=O)(=O)c1cnc(C)s1. The minimum absolute atomic E-state index is 0.0687. The molecular weight excluding hydrogens is 220 g/mol. The highest BCUT2D eigenvalue weighted by Crippen LogP contribution is 2.20. The molecule has 6 heteroatoms. The Morgan fingerprint density at radius 2 is 2.36 bits per heavy atom. The van der Waals surface area contributed by atoms with Gasteiger partial charge in [0.15, 0.2) is 4.21 Å². The molecule has 0 amide bonds. The molecule has 0 bridgehead atoms. The van der Waals surface area contributed by atoms with Gasteiger partial charge in [-0.1, -0.05) is 5.92 Å². The summed E-state index contributed by atoms with van der Waals surface area (Å²) in [7, 11) is -1.98. The summed E-state index contributed by atoms with van der Waals surface area (Å²) in [5, 5.41) is 0.720. The van der Waals surface area contributed by atoms with Crippen molar-refractivity contribution in [2.24, 2.45) is 0 Å². The maximum Gasteiger partial charge on any atom is 0.254 e. The summed E-state index contributed by atoms with van der Waals surface area (Å²) in [5.74, 6) is 2.28. The first kappa shape index (κ1) is 11.2. The van der Waals surface area contributed by atoms with E-state index in [4.69, 9.17) is 6.42 Å². The Hall–Kier alpha value is -0.900. The number of hydrogen-bond donors (Lipinski definition) is 0. The first-order chi connectivity index (χ1) is 6.48. The van der Waals surface area contributed by atoms with Crippen LogP contribution < -0.4 is 0 Å². The number of hydrogen-bond acceptors (Lipinski definition) is 4. The highest BCUT2D eigenvalue weighted by molar-refractivity contribution is 7.91. The zero-order valence-electron chi connectivity index (χ0n) is 7.89. The Morgan fingerprint density at radius 3 is 2.79 bits per heavy atom. The van der Waals surface area contributed by atoms with Gasteiger partial charge in [0.25, 0.3) is 10.0 Å². The third-order valence-corrected chi connectivity index (χ3v) is 4.73. The fraction of sp³-hybridized carbons (Fsp3) is 0.375. The fourth-order valence-electron chi connectivity index (χ4n) is 0.828. The minimum atomic E-state index is -3.43. The molecular formula is C8H10N2O2S2. The van der Waals surface area contributed by atoms with Gasteiger partial charge in [-0.15, -0.1) is 17.8 Å². The predicted molar refractivity (Wildman–Crippen MR) is 55.5 cm³/mol. The quantitative estimate of drug-likeness (QED) is 0.718. The highest BCUT2D eigenvalue weighted by Gasteiger charge is 2.21. The van der Waals surface area contributed by atoms with Crippen molar-refractivity contribution in [3.05, 3.63) is 11.2 Å². The highest BCUT2D eigenvalue weighted by atomic mass is 32.2. The monoisotopic (exact) mass is 230 g/mol. The van der Waals surface area contributed by atoms with Crippen LogP contribution in [0.25, 0.3) is 0 Å². The van der Waals surface area contributed by atoms with Crippen LogP contribution in [0, 0.1) is 19.3 Å². The average molecular weight is 230 g/mol. The zero-order valence-corrected chi connectivity index (χ0v) is 9.52. The largest absolute Gasteiger partial charge is 0.254 e. The standard InChI is InChI=1S/C8H10N2O2S2/c1-4-5-10(3)14(11,12)8-6-9-7(2)13-8/h1,6H,5H2,2-3H3. The molecule has 14 heavy (non-hydrogen) atoms. The van der Waals surface area contributed by atoms with Crippen molar-refractivity contribution in [2.75, 3.05) is 13.6 Å². The van der Waals surface area contributed by atoms with Crippen LogP contribution in [0.15, 0.2) is 10.4 Å². The van der Waals surface area contributed by atoms with E-state index in [1.54, 1.807) is 6.92 Å². The molecule has 1 rings (SSSR count). The molecule has 0 spiro atoms. The number of rotatable bonds is 3. The summed E-state index contributed by atoms with van der Waals surface area (Å²) < 4.78 is 24.8. The lowest BCUT2D eigenvalue weighted by Crippen LogP contribution is -2.26. The summed E-state index contributed by atoms with van der Waals surface area (Å²) in [6.07, 6.45) is 6.39. The molecule has 0 saturated carbocycles. The smallest absolute Gasteiger partial charge is 0.249 e. The molecule has 0 fully saturated rings. The van der Waals surface area contributed by atoms with Crippen molar-refractivity contribution in [3.63, 3.8) is 0 Å². The predicted octanol–water partition coefficient (Wildman–Crippen LogP) is 0.705. The normalized spacial score (nSPS) is 11.6. The summed E-state index contributed by atoms with van der Waals surface area (Å²) in [6, 6.07) is 0. The fourth-order valence-corrected chi connectivity index (χ4v) is 3.23. The van der Waals surface area contributed by atoms with Gasteiger partial charge < -0.3 is 0 Å². The second-order valence-corrected chi connectivity index (χ2v) is 6.17. The second-order valence-electron chi connectivity index (χ2n) is 2.66. The summed E-state index contributed by atoms with van der Waals surface area (Å²) >= 11 is 1.14. The Labute approximate surface area is 87.6 Å². The van der Waals surface area contributed by atoms with Crippen LogP contribution in [-0.4, -0.2) is 31.3 Å². The maximum absolute atomic E-state index is 11.7. The Balaban J connectivity index is 3.03. The average Bonchev–Trinajstić information content (AvgIpc) is 2.52. The molecule has 4 nitrogen and oxygen atoms in total. The number of aryl methyl sites for hydroxylation is 1. The van der Waals surface area contributed by atoms with Crippen molar-refractivity contribution in [1.29, 1.82) is 0 Å². The van der Waals surface area contributed by atoms with Gasteiger partial charge in [0.05, 0.1) is 17.7 Å². The van der Waals surface area contributed by atoms with E-state index in [0.717, 1.165) is 20.6 Å². The molecule has 0 aliphatic rings. The number of terminal acetylenes is 1. The molecule has 1 heterocycles. The summed E-state index contributed by atoms with van der Waals surface area (Å²) in [5.41, 5.74) is 0. The molecule has 0 unspecified atom stereocenters. The van der Waals surface area contributed by atoms with Crippen molar-refractivity contribution in [2.45, 2.75) is 11.1 Å². The molecule has 0 aromatic carbocycles. The van der Waals surface area contributed by atoms with Gasteiger partial charge in [0, 0.05) is 7.05 Å². The van der Waals surface area contributed by atoms with Crippen LogP contribution in [0.5, 0.6) is 0 Å². The number of nitrogens with zero attached hydrogens (tertiary/aromatic N) is 2. The van der Waals surface area contributed by atoms with Crippen LogP contribution in [0.2, 0.25) is 0 Å². The Morgan fingerprint density at radius 1 is 1.71 bits per heavy atom. The summed E-state index contributed by atoms with van der Waals surface area (Å²) in [4.78, 5) is 3.89. The van der Waals surface area contributed by atoms with Gasteiger partial charge in [-0.2, -0.15) is 4.31 Å². The maximum atomic E-state index is 11.7. The third-order valence-electron chi connectivity index (χ3n) is 1.58. The zero-order chi connectivity index (χ0) is 10.8. The first-order valence-corrected chi connectivity index (χ1v) is 6.06. The number of sulfonamides is 1. The topological polar surface area (TPSA) is 50.3 Å². The van der Waals surface area contributed by atoms with Crippen LogP contribution >= 0.6 is 11.3 Å². The molecule has 0 N–H and O–H groups in total. The molecule has 0 aliphatic carbocycles. The van der Waals surface area contributed by atoms with E-state index in [9.17, 15) is 8.42 Å². The molecule has 1 aromatic rings. The van der Waals surface area contributed by atoms with Crippen LogP contribution in [0.1, 0.15) is 5.01 Å². The second kappa shape index (κ2) is 4.09. The van der Waals surface area contributed by atoms with Crippen molar-refractivity contribution < 1.29 is 8.42 Å². The van der Waals surface area contributed by atoms with Gasteiger partial charge in [-0.3, -0.25) is 0 Å². The van der Waals surface area contributed by atoms with Gasteiger partial charge >= 0.3 is 0 Å². The van der Waals surface area contributed by atoms with E-state index in [0.29, 0.717) is 0 Å². The number of aromatic nitrogens is 1. The molecule has 0 aliphatic heterocycles. The van der Waals surface area contributed by atoms with Gasteiger partial charge in [-0.25, -0.2) is 13.4 Å².